The molecule has 5 nitrogen and oxygen atoms in total. The summed E-state index contributed by atoms with van der Waals surface area (Å²) in [6.07, 6.45) is 2.79. The van der Waals surface area contributed by atoms with E-state index in [2.05, 4.69) is 10.3 Å². The van der Waals surface area contributed by atoms with E-state index in [1.54, 1.807) is 6.07 Å². The number of benzene rings is 1. The number of amides is 1. The third-order valence-corrected chi connectivity index (χ3v) is 2.41. The molecule has 1 heterocycles. The number of aromatic carboxylic acids is 1. The Morgan fingerprint density at radius 3 is 2.63 bits per heavy atom. The van der Waals surface area contributed by atoms with Gasteiger partial charge in [0.15, 0.2) is 0 Å². The Bertz CT molecular complexity index is 629. The molecule has 0 bridgehead atoms. The van der Waals surface area contributed by atoms with Gasteiger partial charge < -0.3 is 10.4 Å². The summed E-state index contributed by atoms with van der Waals surface area (Å²) in [5, 5.41) is 11.2. The van der Waals surface area contributed by atoms with Crippen molar-refractivity contribution in [2.45, 2.75) is 0 Å². The lowest BCUT2D eigenvalue weighted by molar-refractivity contribution is 0.0697. The lowest BCUT2D eigenvalue weighted by Crippen LogP contribution is -2.16. The van der Waals surface area contributed by atoms with Gasteiger partial charge in [-0.3, -0.25) is 9.78 Å². The molecule has 2 N–H and O–H groups in total. The van der Waals surface area contributed by atoms with Crippen LogP contribution >= 0.6 is 0 Å². The summed E-state index contributed by atoms with van der Waals surface area (Å²) < 4.78 is 13.6. The third-order valence-electron chi connectivity index (χ3n) is 2.41. The third kappa shape index (κ3) is 2.74. The molecule has 2 rings (SSSR count). The van der Waals surface area contributed by atoms with Crippen LogP contribution in [0.15, 0.2) is 42.7 Å². The predicted molar refractivity (Wildman–Crippen MR) is 65.5 cm³/mol. The number of carbonyl (C=O) groups is 2. The first-order valence-electron chi connectivity index (χ1n) is 5.33. The summed E-state index contributed by atoms with van der Waals surface area (Å²) in [7, 11) is 0. The molecule has 0 radical (unpaired) electrons. The Hall–Kier alpha value is -2.76. The SMILES string of the molecule is O=C(Nc1c(F)cccc1C(=O)O)c1cccnc1. The number of aromatic nitrogens is 1. The Morgan fingerprint density at radius 1 is 1.21 bits per heavy atom. The van der Waals surface area contributed by atoms with E-state index >= 15 is 0 Å². The van der Waals surface area contributed by atoms with E-state index in [1.807, 2.05) is 0 Å². The maximum absolute atomic E-state index is 13.6. The van der Waals surface area contributed by atoms with Gasteiger partial charge in [-0.2, -0.15) is 0 Å². The molecule has 96 valence electrons. The van der Waals surface area contributed by atoms with Crippen LogP contribution in [0, 0.1) is 5.82 Å². The highest BCUT2D eigenvalue weighted by Gasteiger charge is 2.17. The highest BCUT2D eigenvalue weighted by atomic mass is 19.1. The van der Waals surface area contributed by atoms with Gasteiger partial charge in [-0.25, -0.2) is 9.18 Å². The first-order valence-corrected chi connectivity index (χ1v) is 5.33. The van der Waals surface area contributed by atoms with Crippen LogP contribution in [0.5, 0.6) is 0 Å². The highest BCUT2D eigenvalue weighted by molar-refractivity contribution is 6.07. The topological polar surface area (TPSA) is 79.3 Å². The molecule has 0 fully saturated rings. The van der Waals surface area contributed by atoms with Crippen molar-refractivity contribution in [1.82, 2.24) is 4.98 Å². The van der Waals surface area contributed by atoms with Gasteiger partial charge in [-0.05, 0) is 24.3 Å². The summed E-state index contributed by atoms with van der Waals surface area (Å²) in [5.41, 5.74) is -0.455. The molecule has 1 amide bonds. The zero-order chi connectivity index (χ0) is 13.8. The van der Waals surface area contributed by atoms with Gasteiger partial charge in [0, 0.05) is 12.4 Å². The number of anilines is 1. The number of nitrogens with one attached hydrogen (secondary N) is 1. The van der Waals surface area contributed by atoms with Crippen molar-refractivity contribution in [3.8, 4) is 0 Å². The van der Waals surface area contributed by atoms with E-state index in [-0.39, 0.29) is 16.8 Å². The second kappa shape index (κ2) is 5.26. The maximum Gasteiger partial charge on any atom is 0.337 e. The molecule has 0 atom stereocenters. The fraction of sp³-hybridized carbons (Fsp3) is 0. The van der Waals surface area contributed by atoms with Crippen LogP contribution in [0.25, 0.3) is 0 Å². The van der Waals surface area contributed by atoms with Gasteiger partial charge >= 0.3 is 5.97 Å². The average Bonchev–Trinajstić information content (AvgIpc) is 2.41. The summed E-state index contributed by atoms with van der Waals surface area (Å²) in [6, 6.07) is 6.59. The first kappa shape index (κ1) is 12.7. The van der Waals surface area contributed by atoms with E-state index in [0.717, 1.165) is 6.07 Å². The quantitative estimate of drug-likeness (QED) is 0.886. The lowest BCUT2D eigenvalue weighted by atomic mass is 10.1. The van der Waals surface area contributed by atoms with Crippen LogP contribution < -0.4 is 5.32 Å². The zero-order valence-corrected chi connectivity index (χ0v) is 9.63. The van der Waals surface area contributed by atoms with Crippen molar-refractivity contribution in [1.29, 1.82) is 0 Å². The number of carboxylic acids is 1. The minimum atomic E-state index is -1.32. The second-order valence-corrected chi connectivity index (χ2v) is 3.66. The Labute approximate surface area is 107 Å². The number of para-hydroxylation sites is 1. The molecule has 1 aromatic heterocycles. The summed E-state index contributed by atoms with van der Waals surface area (Å²) in [6.45, 7) is 0. The molecule has 0 saturated carbocycles. The predicted octanol–water partition coefficient (Wildman–Crippen LogP) is 2.17. The van der Waals surface area contributed by atoms with Crippen LogP contribution in [0.4, 0.5) is 10.1 Å². The average molecular weight is 260 g/mol. The number of hydrogen-bond acceptors (Lipinski definition) is 3. The van der Waals surface area contributed by atoms with Crippen molar-refractivity contribution in [2.24, 2.45) is 0 Å². The largest absolute Gasteiger partial charge is 0.478 e. The van der Waals surface area contributed by atoms with Gasteiger partial charge in [-0.1, -0.05) is 6.07 Å². The van der Waals surface area contributed by atoms with Gasteiger partial charge in [0.05, 0.1) is 16.8 Å². The van der Waals surface area contributed by atoms with Crippen molar-refractivity contribution in [2.75, 3.05) is 5.32 Å². The molecule has 19 heavy (non-hydrogen) atoms. The Morgan fingerprint density at radius 2 is 2.00 bits per heavy atom. The normalized spacial score (nSPS) is 9.95. The smallest absolute Gasteiger partial charge is 0.337 e. The van der Waals surface area contributed by atoms with E-state index < -0.39 is 17.7 Å². The van der Waals surface area contributed by atoms with E-state index in [9.17, 15) is 14.0 Å². The van der Waals surface area contributed by atoms with Gasteiger partial charge in [-0.15, -0.1) is 0 Å². The number of nitrogens with zero attached hydrogens (tertiary/aromatic N) is 1. The minimum absolute atomic E-state index is 0.210. The molecular weight excluding hydrogens is 251 g/mol. The van der Waals surface area contributed by atoms with Crippen LogP contribution in [0.2, 0.25) is 0 Å². The molecule has 0 saturated heterocycles. The summed E-state index contributed by atoms with van der Waals surface area (Å²) in [4.78, 5) is 26.5. The van der Waals surface area contributed by atoms with Crippen molar-refractivity contribution >= 4 is 17.6 Å². The molecule has 0 aliphatic rings. The van der Waals surface area contributed by atoms with Crippen molar-refractivity contribution in [3.05, 3.63) is 59.7 Å². The number of halogens is 1. The lowest BCUT2D eigenvalue weighted by Gasteiger charge is -2.09. The molecule has 0 spiro atoms. The number of hydrogen-bond donors (Lipinski definition) is 2. The highest BCUT2D eigenvalue weighted by Crippen LogP contribution is 2.20. The zero-order valence-electron chi connectivity index (χ0n) is 9.63. The first-order chi connectivity index (χ1) is 9.09. The molecule has 0 unspecified atom stereocenters. The number of carbonyl (C=O) groups excluding carboxylic acids is 1. The molecule has 1 aromatic carbocycles. The Balaban J connectivity index is 2.34. The fourth-order valence-electron chi connectivity index (χ4n) is 1.51. The van der Waals surface area contributed by atoms with Crippen LogP contribution in [-0.4, -0.2) is 22.0 Å². The maximum atomic E-state index is 13.6. The van der Waals surface area contributed by atoms with Gasteiger partial charge in [0.25, 0.3) is 5.91 Å². The van der Waals surface area contributed by atoms with Crippen LogP contribution in [0.1, 0.15) is 20.7 Å². The monoisotopic (exact) mass is 260 g/mol. The van der Waals surface area contributed by atoms with E-state index in [4.69, 9.17) is 5.11 Å². The van der Waals surface area contributed by atoms with E-state index in [1.165, 1.54) is 30.6 Å². The number of pyridine rings is 1. The summed E-state index contributed by atoms with van der Waals surface area (Å²) in [5.74, 6) is -2.75. The molecule has 0 aliphatic heterocycles. The molecule has 0 aliphatic carbocycles. The number of rotatable bonds is 3. The molecule has 2 aromatic rings. The molecular formula is C13H9FN2O3. The number of carboxylic acid groups (broad SMARTS) is 1. The minimum Gasteiger partial charge on any atom is -0.478 e. The summed E-state index contributed by atoms with van der Waals surface area (Å²) >= 11 is 0. The Kier molecular flexibility index (Phi) is 3.51. The van der Waals surface area contributed by atoms with Crippen molar-refractivity contribution < 1.29 is 19.1 Å². The van der Waals surface area contributed by atoms with Gasteiger partial charge in [0.1, 0.15) is 5.82 Å². The molecule has 6 heteroatoms. The second-order valence-electron chi connectivity index (χ2n) is 3.66. The van der Waals surface area contributed by atoms with Crippen molar-refractivity contribution in [3.63, 3.8) is 0 Å². The standard InChI is InChI=1S/C13H9FN2O3/c14-10-5-1-4-9(13(18)19)11(10)16-12(17)8-3-2-6-15-7-8/h1-7H,(H,16,17)(H,18,19). The van der Waals surface area contributed by atoms with Crippen LogP contribution in [-0.2, 0) is 0 Å². The van der Waals surface area contributed by atoms with Gasteiger partial charge in [0.2, 0.25) is 0 Å². The van der Waals surface area contributed by atoms with E-state index in [0.29, 0.717) is 0 Å². The fourth-order valence-corrected chi connectivity index (χ4v) is 1.51. The van der Waals surface area contributed by atoms with Crippen LogP contribution in [0.3, 0.4) is 0 Å².